The molecule has 0 bridgehead atoms. The molecule has 0 amide bonds. The molecule has 0 saturated carbocycles. The number of ether oxygens (including phenoxy) is 3. The molecule has 0 aromatic carbocycles. The lowest BCUT2D eigenvalue weighted by Gasteiger charge is -2.18. The van der Waals surface area contributed by atoms with Crippen molar-refractivity contribution in [3.8, 4) is 0 Å². The molecular formula is C60H100O6. The molecule has 0 aromatic heterocycles. The van der Waals surface area contributed by atoms with Gasteiger partial charge in [-0.25, -0.2) is 0 Å². The van der Waals surface area contributed by atoms with Gasteiger partial charge in [-0.3, -0.25) is 14.4 Å². The van der Waals surface area contributed by atoms with Gasteiger partial charge in [0.1, 0.15) is 13.2 Å². The summed E-state index contributed by atoms with van der Waals surface area (Å²) >= 11 is 0. The average Bonchev–Trinajstić information content (AvgIpc) is 3.31. The Morgan fingerprint density at radius 3 is 1.14 bits per heavy atom. The smallest absolute Gasteiger partial charge is 0.306 e. The minimum atomic E-state index is -0.808. The summed E-state index contributed by atoms with van der Waals surface area (Å²) in [4.78, 5) is 38.0. The molecule has 0 aromatic rings. The van der Waals surface area contributed by atoms with E-state index in [9.17, 15) is 14.4 Å². The summed E-state index contributed by atoms with van der Waals surface area (Å²) in [5.74, 6) is -0.976. The van der Waals surface area contributed by atoms with Crippen molar-refractivity contribution in [2.45, 2.75) is 252 Å². The molecular weight excluding hydrogens is 817 g/mol. The summed E-state index contributed by atoms with van der Waals surface area (Å²) in [6, 6.07) is 0. The number of esters is 3. The van der Waals surface area contributed by atoms with Crippen LogP contribution in [0.1, 0.15) is 245 Å². The number of hydrogen-bond acceptors (Lipinski definition) is 6. The van der Waals surface area contributed by atoms with E-state index in [2.05, 4.69) is 118 Å². The van der Waals surface area contributed by atoms with Gasteiger partial charge in [0.15, 0.2) is 6.10 Å². The molecule has 0 fully saturated rings. The highest BCUT2D eigenvalue weighted by molar-refractivity contribution is 5.71. The van der Waals surface area contributed by atoms with Gasteiger partial charge in [0.05, 0.1) is 0 Å². The van der Waals surface area contributed by atoms with Crippen molar-refractivity contribution < 1.29 is 28.6 Å². The van der Waals surface area contributed by atoms with E-state index in [0.29, 0.717) is 19.3 Å². The second-order valence-corrected chi connectivity index (χ2v) is 17.8. The maximum Gasteiger partial charge on any atom is 0.306 e. The minimum Gasteiger partial charge on any atom is -0.462 e. The van der Waals surface area contributed by atoms with Gasteiger partial charge in [0, 0.05) is 19.3 Å². The van der Waals surface area contributed by atoms with Crippen LogP contribution in [0.2, 0.25) is 0 Å². The van der Waals surface area contributed by atoms with Crippen LogP contribution in [0, 0.1) is 0 Å². The molecule has 0 saturated heterocycles. The van der Waals surface area contributed by atoms with Crippen LogP contribution in [-0.2, 0) is 28.6 Å². The van der Waals surface area contributed by atoms with E-state index in [4.69, 9.17) is 14.2 Å². The van der Waals surface area contributed by atoms with Crippen LogP contribution >= 0.6 is 0 Å². The zero-order valence-corrected chi connectivity index (χ0v) is 42.9. The molecule has 1 unspecified atom stereocenters. The number of allylic oxidation sites excluding steroid dienone is 16. The first-order valence-electron chi connectivity index (χ1n) is 27.3. The van der Waals surface area contributed by atoms with Crippen LogP contribution in [0.15, 0.2) is 97.2 Å². The maximum absolute atomic E-state index is 12.8. The fourth-order valence-corrected chi connectivity index (χ4v) is 7.29. The van der Waals surface area contributed by atoms with Crippen LogP contribution in [0.4, 0.5) is 0 Å². The molecule has 0 rings (SSSR count). The van der Waals surface area contributed by atoms with Crippen LogP contribution < -0.4 is 0 Å². The molecule has 0 spiro atoms. The Hall–Kier alpha value is -3.67. The molecule has 0 aliphatic rings. The van der Waals surface area contributed by atoms with Crippen LogP contribution in [0.25, 0.3) is 0 Å². The lowest BCUT2D eigenvalue weighted by atomic mass is 10.1. The zero-order valence-electron chi connectivity index (χ0n) is 42.9. The van der Waals surface area contributed by atoms with Crippen molar-refractivity contribution >= 4 is 17.9 Å². The lowest BCUT2D eigenvalue weighted by Crippen LogP contribution is -2.30. The summed E-state index contributed by atoms with van der Waals surface area (Å²) < 4.78 is 16.8. The Morgan fingerprint density at radius 2 is 0.652 bits per heavy atom. The highest BCUT2D eigenvalue weighted by atomic mass is 16.6. The largest absolute Gasteiger partial charge is 0.462 e. The molecule has 6 heteroatoms. The summed E-state index contributed by atoms with van der Waals surface area (Å²) in [5, 5.41) is 0. The van der Waals surface area contributed by atoms with Crippen molar-refractivity contribution in [3.05, 3.63) is 97.2 Å². The quantitative estimate of drug-likeness (QED) is 0.0199. The second-order valence-electron chi connectivity index (χ2n) is 17.8. The van der Waals surface area contributed by atoms with E-state index in [1.54, 1.807) is 0 Å². The van der Waals surface area contributed by atoms with Crippen molar-refractivity contribution in [2.24, 2.45) is 0 Å². The molecule has 0 N–H and O–H groups in total. The van der Waals surface area contributed by atoms with E-state index < -0.39 is 6.10 Å². The number of carbonyl (C=O) groups excluding carboxylic acids is 3. The predicted octanol–water partition coefficient (Wildman–Crippen LogP) is 18.1. The van der Waals surface area contributed by atoms with Gasteiger partial charge in [-0.1, -0.05) is 221 Å². The average molecular weight is 917 g/mol. The molecule has 66 heavy (non-hydrogen) atoms. The Kier molecular flexibility index (Phi) is 50.9. The fourth-order valence-electron chi connectivity index (χ4n) is 7.29. The third kappa shape index (κ3) is 51.3. The minimum absolute atomic E-state index is 0.106. The van der Waals surface area contributed by atoms with Crippen LogP contribution in [0.5, 0.6) is 0 Å². The maximum atomic E-state index is 12.8. The lowest BCUT2D eigenvalue weighted by molar-refractivity contribution is -0.167. The highest BCUT2D eigenvalue weighted by Crippen LogP contribution is 2.14. The third-order valence-electron chi connectivity index (χ3n) is 11.4. The SMILES string of the molecule is CC/C=C\C/C=C\C/C=C\CCCCC(=O)OCC(COC(=O)CCCCCCC\C=C/C=C\C=C/C=C\CCCCC)OC(=O)CCCCCCC/C=C\CCCCCCCCCCC. The first kappa shape index (κ1) is 62.3. The van der Waals surface area contributed by atoms with E-state index in [1.165, 1.54) is 89.9 Å². The highest BCUT2D eigenvalue weighted by Gasteiger charge is 2.19. The van der Waals surface area contributed by atoms with Crippen LogP contribution in [-0.4, -0.2) is 37.2 Å². The van der Waals surface area contributed by atoms with Crippen molar-refractivity contribution in [1.82, 2.24) is 0 Å². The van der Waals surface area contributed by atoms with Crippen molar-refractivity contribution in [1.29, 1.82) is 0 Å². The normalized spacial score (nSPS) is 12.8. The Bertz CT molecular complexity index is 1330. The summed E-state index contributed by atoms with van der Waals surface area (Å²) in [6.07, 6.45) is 71.1. The first-order valence-corrected chi connectivity index (χ1v) is 27.3. The second kappa shape index (κ2) is 53.9. The van der Waals surface area contributed by atoms with Gasteiger partial charge in [-0.05, 0) is 103 Å². The van der Waals surface area contributed by atoms with Gasteiger partial charge < -0.3 is 14.2 Å². The zero-order chi connectivity index (χ0) is 47.9. The van der Waals surface area contributed by atoms with Gasteiger partial charge in [-0.15, -0.1) is 0 Å². The van der Waals surface area contributed by atoms with Crippen LogP contribution in [0.3, 0.4) is 0 Å². The van der Waals surface area contributed by atoms with Crippen molar-refractivity contribution in [3.63, 3.8) is 0 Å². The molecule has 1 atom stereocenters. The monoisotopic (exact) mass is 917 g/mol. The number of hydrogen-bond donors (Lipinski definition) is 0. The summed E-state index contributed by atoms with van der Waals surface area (Å²) in [7, 11) is 0. The van der Waals surface area contributed by atoms with E-state index in [-0.39, 0.29) is 31.1 Å². The molecule has 0 aliphatic heterocycles. The number of rotatable bonds is 48. The summed E-state index contributed by atoms with van der Waals surface area (Å²) in [6.45, 7) is 6.42. The Balaban J connectivity index is 4.47. The van der Waals surface area contributed by atoms with Gasteiger partial charge >= 0.3 is 17.9 Å². The molecule has 0 radical (unpaired) electrons. The predicted molar refractivity (Wildman–Crippen MR) is 284 cm³/mol. The molecule has 0 aliphatic carbocycles. The van der Waals surface area contributed by atoms with E-state index in [1.807, 2.05) is 0 Å². The van der Waals surface area contributed by atoms with Gasteiger partial charge in [-0.2, -0.15) is 0 Å². The first-order chi connectivity index (χ1) is 32.5. The third-order valence-corrected chi connectivity index (χ3v) is 11.4. The Morgan fingerprint density at radius 1 is 0.333 bits per heavy atom. The standard InChI is InChI=1S/C60H100O6/c1-4-7-10-13-16-19-22-25-27-29-31-33-35-38-41-44-47-50-53-59(62)65-56-57(55-64-58(61)52-49-46-43-40-37-24-21-18-15-12-9-6-3)66-60(63)54-51-48-45-42-39-36-34-32-30-28-26-23-20-17-14-11-8-5-2/h9,12,16,18-19,21-22,25,27,29,31-34,37,40,57H,4-8,10-11,13-15,17,20,23-24,26,28,30,35-36,38-39,41-56H2,1-3H3/b12-9-,19-16-,21-18-,25-22-,29-27-,33-31-,34-32-,40-37-. The number of unbranched alkanes of at least 4 members (excludes halogenated alkanes) is 24. The van der Waals surface area contributed by atoms with E-state index >= 15 is 0 Å². The molecule has 6 nitrogen and oxygen atoms in total. The van der Waals surface area contributed by atoms with Crippen molar-refractivity contribution in [2.75, 3.05) is 13.2 Å². The van der Waals surface area contributed by atoms with Gasteiger partial charge in [0.2, 0.25) is 0 Å². The van der Waals surface area contributed by atoms with Gasteiger partial charge in [0.25, 0.3) is 0 Å². The molecule has 376 valence electrons. The molecule has 0 heterocycles. The topological polar surface area (TPSA) is 78.9 Å². The number of carbonyl (C=O) groups is 3. The fraction of sp³-hybridized carbons (Fsp3) is 0.683. The Labute approximate surface area is 407 Å². The summed E-state index contributed by atoms with van der Waals surface area (Å²) in [5.41, 5.74) is 0. The van der Waals surface area contributed by atoms with E-state index in [0.717, 1.165) is 116 Å².